The first-order valence-electron chi connectivity index (χ1n) is 10.5. The van der Waals surface area contributed by atoms with Crippen LogP contribution in [0.3, 0.4) is 0 Å². The summed E-state index contributed by atoms with van der Waals surface area (Å²) in [6, 6.07) is 42.0. The van der Waals surface area contributed by atoms with Gasteiger partial charge in [0.05, 0.1) is 0 Å². The van der Waals surface area contributed by atoms with Crippen LogP contribution in [-0.4, -0.2) is 4.89 Å². The number of hydrogen-bond donors (Lipinski definition) is 1. The summed E-state index contributed by atoms with van der Waals surface area (Å²) in [7, 11) is 0. The molecule has 1 nitrogen and oxygen atoms in total. The fourth-order valence-corrected chi connectivity index (χ4v) is 9.81. The van der Waals surface area contributed by atoms with E-state index in [0.717, 1.165) is 0 Å². The van der Waals surface area contributed by atoms with Gasteiger partial charge in [-0.05, 0) is 0 Å². The summed E-state index contributed by atoms with van der Waals surface area (Å²) in [5.41, 5.74) is 4.84. The van der Waals surface area contributed by atoms with E-state index in [4.69, 9.17) is 0 Å². The Kier molecular flexibility index (Phi) is 6.13. The molecule has 0 aromatic heterocycles. The molecule has 4 aromatic rings. The molecule has 0 bridgehead atoms. The summed E-state index contributed by atoms with van der Waals surface area (Å²) in [5.74, 6) is 0. The van der Waals surface area contributed by atoms with Gasteiger partial charge >= 0.3 is 180 Å². The topological polar surface area (TPSA) is 20.2 Å². The fourth-order valence-electron chi connectivity index (χ4n) is 4.54. The first kappa shape index (κ1) is 20.5. The van der Waals surface area contributed by atoms with Crippen molar-refractivity contribution in [1.82, 2.24) is 0 Å². The van der Waals surface area contributed by atoms with Gasteiger partial charge < -0.3 is 0 Å². The molecule has 0 saturated carbocycles. The van der Waals surface area contributed by atoms with Gasteiger partial charge in [0, 0.05) is 0 Å². The van der Waals surface area contributed by atoms with Crippen LogP contribution in [0.1, 0.15) is 22.3 Å². The Morgan fingerprint density at radius 3 is 0.767 bits per heavy atom. The molecule has 1 N–H and O–H groups in total. The average Bonchev–Trinajstić information content (AvgIpc) is 2.76. The van der Waals surface area contributed by atoms with E-state index in [9.17, 15) is 4.89 Å². The van der Waals surface area contributed by atoms with Gasteiger partial charge in [0.25, 0.3) is 0 Å². The van der Waals surface area contributed by atoms with Gasteiger partial charge in [-0.2, -0.15) is 0 Å². The van der Waals surface area contributed by atoms with Crippen molar-refractivity contribution in [2.45, 2.75) is 24.6 Å². The fraction of sp³-hybridized carbons (Fsp3) is 0.143. The van der Waals surface area contributed by atoms with Crippen LogP contribution in [0, 0.1) is 0 Å². The summed E-state index contributed by atoms with van der Waals surface area (Å²) in [5, 5.41) is 0. The van der Waals surface area contributed by atoms with Crippen molar-refractivity contribution in [3.8, 4) is 0 Å². The minimum atomic E-state index is -3.27. The van der Waals surface area contributed by atoms with Crippen LogP contribution < -0.4 is 0 Å². The van der Waals surface area contributed by atoms with Gasteiger partial charge in [0.2, 0.25) is 0 Å². The van der Waals surface area contributed by atoms with E-state index in [-0.39, 0.29) is 0 Å². The van der Waals surface area contributed by atoms with Crippen LogP contribution in [0.5, 0.6) is 0 Å². The first-order chi connectivity index (χ1) is 14.6. The molecule has 0 unspecified atom stereocenters. The van der Waals surface area contributed by atoms with Crippen molar-refractivity contribution in [1.29, 1.82) is 0 Å². The van der Waals surface area contributed by atoms with Crippen molar-refractivity contribution in [2.24, 2.45) is 0 Å². The molecule has 4 rings (SSSR count). The van der Waals surface area contributed by atoms with Crippen LogP contribution >= 0.6 is 6.83 Å². The van der Waals surface area contributed by atoms with Crippen LogP contribution in [0.4, 0.5) is 0 Å². The Labute approximate surface area is 180 Å². The molecule has 0 radical (unpaired) electrons. The molecule has 152 valence electrons. The van der Waals surface area contributed by atoms with E-state index in [1.807, 2.05) is 24.3 Å². The third-order valence-electron chi connectivity index (χ3n) is 5.73. The summed E-state index contributed by atoms with van der Waals surface area (Å²) in [6.07, 6.45) is 2.85. The van der Waals surface area contributed by atoms with E-state index in [0.29, 0.717) is 24.6 Å². The van der Waals surface area contributed by atoms with Gasteiger partial charge in [-0.1, -0.05) is 0 Å². The summed E-state index contributed by atoms with van der Waals surface area (Å²) >= 11 is 0. The molecule has 0 fully saturated rings. The average molecular weight is 413 g/mol. The predicted octanol–water partition coefficient (Wildman–Crippen LogP) is 7.25. The standard InChI is InChI=1S/C28H29OP/c29-30(21-25-13-5-1-6-14-25,22-26-15-7-2-8-16-26,23-27-17-9-3-10-18-27)24-28-19-11-4-12-20-28/h1-20,29H,21-24H2. The second kappa shape index (κ2) is 8.96. The van der Waals surface area contributed by atoms with E-state index in [1.165, 1.54) is 22.3 Å². The van der Waals surface area contributed by atoms with Gasteiger partial charge in [0.1, 0.15) is 0 Å². The van der Waals surface area contributed by atoms with Crippen LogP contribution in [0.15, 0.2) is 121 Å². The van der Waals surface area contributed by atoms with Crippen molar-refractivity contribution in [3.63, 3.8) is 0 Å². The van der Waals surface area contributed by atoms with Gasteiger partial charge in [-0.25, -0.2) is 0 Å². The van der Waals surface area contributed by atoms with Crippen LogP contribution in [0.25, 0.3) is 0 Å². The molecule has 0 amide bonds. The van der Waals surface area contributed by atoms with Crippen LogP contribution in [0.2, 0.25) is 0 Å². The van der Waals surface area contributed by atoms with Crippen molar-refractivity contribution >= 4 is 6.83 Å². The number of benzene rings is 4. The van der Waals surface area contributed by atoms with Crippen LogP contribution in [-0.2, 0) is 24.6 Å². The minimum absolute atomic E-state index is 0.713. The molecule has 0 aliphatic heterocycles. The monoisotopic (exact) mass is 412 g/mol. The second-order valence-electron chi connectivity index (χ2n) is 8.48. The summed E-state index contributed by atoms with van der Waals surface area (Å²) in [6.45, 7) is -3.27. The Hall–Kier alpha value is -2.73. The maximum absolute atomic E-state index is 12.9. The molecule has 0 heterocycles. The Morgan fingerprint density at radius 1 is 0.367 bits per heavy atom. The SMILES string of the molecule is OP(Cc1ccccc1)(Cc1ccccc1)(Cc1ccccc1)Cc1ccccc1. The molecule has 0 aliphatic rings. The molecular weight excluding hydrogens is 383 g/mol. The molecule has 0 aliphatic carbocycles. The predicted molar refractivity (Wildman–Crippen MR) is 130 cm³/mol. The third kappa shape index (κ3) is 5.25. The van der Waals surface area contributed by atoms with E-state index >= 15 is 0 Å². The quantitative estimate of drug-likeness (QED) is 0.302. The zero-order chi connectivity index (χ0) is 20.7. The van der Waals surface area contributed by atoms with Crippen molar-refractivity contribution < 1.29 is 4.89 Å². The second-order valence-corrected chi connectivity index (χ2v) is 13.6. The zero-order valence-corrected chi connectivity index (χ0v) is 18.2. The summed E-state index contributed by atoms with van der Waals surface area (Å²) in [4.78, 5) is 12.9. The molecule has 0 saturated heterocycles. The zero-order valence-electron chi connectivity index (χ0n) is 17.3. The summed E-state index contributed by atoms with van der Waals surface area (Å²) < 4.78 is 0. The molecular formula is C28H29OP. The van der Waals surface area contributed by atoms with Gasteiger partial charge in [-0.3, -0.25) is 0 Å². The van der Waals surface area contributed by atoms with E-state index in [2.05, 4.69) is 97.1 Å². The Balaban J connectivity index is 1.83. The first-order valence-corrected chi connectivity index (χ1v) is 13.5. The molecule has 2 heteroatoms. The Bertz CT molecular complexity index is 869. The number of rotatable bonds is 8. The maximum atomic E-state index is 12.9. The molecule has 30 heavy (non-hydrogen) atoms. The number of hydrogen-bond acceptors (Lipinski definition) is 1. The normalized spacial score (nSPS) is 12.8. The van der Waals surface area contributed by atoms with Crippen molar-refractivity contribution in [3.05, 3.63) is 144 Å². The van der Waals surface area contributed by atoms with Crippen molar-refractivity contribution in [2.75, 3.05) is 0 Å². The third-order valence-corrected chi connectivity index (χ3v) is 10.4. The molecule has 0 spiro atoms. The van der Waals surface area contributed by atoms with Gasteiger partial charge in [-0.15, -0.1) is 0 Å². The van der Waals surface area contributed by atoms with E-state index < -0.39 is 6.83 Å². The van der Waals surface area contributed by atoms with E-state index in [1.54, 1.807) is 0 Å². The van der Waals surface area contributed by atoms with Gasteiger partial charge in [0.15, 0.2) is 0 Å². The molecule has 0 atom stereocenters. The Morgan fingerprint density at radius 2 is 0.567 bits per heavy atom. The molecule has 4 aromatic carbocycles.